The predicted octanol–water partition coefficient (Wildman–Crippen LogP) is 0.881. The van der Waals surface area contributed by atoms with Crippen LogP contribution < -0.4 is 5.11 Å². The molecule has 0 N–H and O–H groups in total. The third kappa shape index (κ3) is 2.30. The highest BCUT2D eigenvalue weighted by Gasteiger charge is 2.00. The van der Waals surface area contributed by atoms with Gasteiger partial charge in [0, 0.05) is 16.9 Å². The van der Waals surface area contributed by atoms with E-state index >= 15 is 0 Å². The zero-order chi connectivity index (χ0) is 9.14. The van der Waals surface area contributed by atoms with Crippen LogP contribution in [0.2, 0.25) is 0 Å². The van der Waals surface area contributed by atoms with Crippen LogP contribution in [0.4, 0.5) is 4.39 Å². The van der Waals surface area contributed by atoms with Gasteiger partial charge in [-0.1, -0.05) is 22.0 Å². The summed E-state index contributed by atoms with van der Waals surface area (Å²) in [6.07, 6.45) is -0.207. The maximum atomic E-state index is 12.5. The van der Waals surface area contributed by atoms with Gasteiger partial charge in [-0.2, -0.15) is 0 Å². The largest absolute Gasteiger partial charge is 0.550 e. The van der Waals surface area contributed by atoms with Crippen molar-refractivity contribution in [1.82, 2.24) is 0 Å². The lowest BCUT2D eigenvalue weighted by Gasteiger charge is -2.04. The molecular formula is C8H5BrFO2-. The van der Waals surface area contributed by atoms with Crippen LogP contribution in [-0.2, 0) is 11.2 Å². The van der Waals surface area contributed by atoms with Crippen molar-refractivity contribution in [3.8, 4) is 0 Å². The topological polar surface area (TPSA) is 40.1 Å². The number of halogens is 2. The van der Waals surface area contributed by atoms with Crippen LogP contribution >= 0.6 is 15.9 Å². The van der Waals surface area contributed by atoms with Gasteiger partial charge in [-0.15, -0.1) is 0 Å². The first-order valence-electron chi connectivity index (χ1n) is 3.23. The Balaban J connectivity index is 2.93. The first-order chi connectivity index (χ1) is 5.59. The van der Waals surface area contributed by atoms with E-state index in [9.17, 15) is 14.3 Å². The number of hydrogen-bond acceptors (Lipinski definition) is 2. The van der Waals surface area contributed by atoms with Crippen molar-refractivity contribution in [3.05, 3.63) is 34.1 Å². The molecule has 0 aliphatic rings. The fourth-order valence-electron chi connectivity index (χ4n) is 0.821. The van der Waals surface area contributed by atoms with Crippen molar-refractivity contribution < 1.29 is 14.3 Å². The van der Waals surface area contributed by atoms with Gasteiger partial charge in [-0.05, 0) is 17.7 Å². The Labute approximate surface area is 77.2 Å². The average molecular weight is 232 g/mol. The summed E-state index contributed by atoms with van der Waals surface area (Å²) in [6.45, 7) is 0. The number of rotatable bonds is 2. The third-order valence-corrected chi connectivity index (χ3v) is 2.09. The molecule has 64 valence electrons. The molecule has 0 aromatic heterocycles. The monoisotopic (exact) mass is 231 g/mol. The normalized spacial score (nSPS) is 9.83. The second kappa shape index (κ2) is 3.67. The Morgan fingerprint density at radius 1 is 1.58 bits per heavy atom. The fraction of sp³-hybridized carbons (Fsp3) is 0.125. The van der Waals surface area contributed by atoms with Crippen LogP contribution in [0.15, 0.2) is 22.7 Å². The van der Waals surface area contributed by atoms with Crippen molar-refractivity contribution >= 4 is 21.9 Å². The average Bonchev–Trinajstić information content (AvgIpc) is 1.94. The number of carboxylic acids is 1. The Bertz CT molecular complexity index is 312. The van der Waals surface area contributed by atoms with E-state index in [-0.39, 0.29) is 6.42 Å². The summed E-state index contributed by atoms with van der Waals surface area (Å²) in [5.74, 6) is -1.58. The molecule has 0 spiro atoms. The molecule has 0 heterocycles. The molecule has 4 heteroatoms. The first kappa shape index (κ1) is 9.19. The van der Waals surface area contributed by atoms with E-state index in [1.54, 1.807) is 0 Å². The minimum Gasteiger partial charge on any atom is -0.550 e. The molecular weight excluding hydrogens is 227 g/mol. The summed E-state index contributed by atoms with van der Waals surface area (Å²) in [6, 6.07) is 3.84. The van der Waals surface area contributed by atoms with E-state index in [1.165, 1.54) is 18.2 Å². The fourth-order valence-corrected chi connectivity index (χ4v) is 1.31. The van der Waals surface area contributed by atoms with Crippen molar-refractivity contribution in [1.29, 1.82) is 0 Å². The Morgan fingerprint density at radius 2 is 2.25 bits per heavy atom. The van der Waals surface area contributed by atoms with Crippen molar-refractivity contribution in [2.45, 2.75) is 6.42 Å². The van der Waals surface area contributed by atoms with E-state index in [0.29, 0.717) is 10.0 Å². The van der Waals surface area contributed by atoms with Crippen LogP contribution in [0.3, 0.4) is 0 Å². The summed E-state index contributed by atoms with van der Waals surface area (Å²) in [5.41, 5.74) is 0.511. The lowest BCUT2D eigenvalue weighted by atomic mass is 10.1. The van der Waals surface area contributed by atoms with E-state index in [2.05, 4.69) is 15.9 Å². The molecule has 1 aromatic rings. The SMILES string of the molecule is O=C([O-])Cc1ccc(F)cc1Br. The summed E-state index contributed by atoms with van der Waals surface area (Å²) < 4.78 is 12.9. The van der Waals surface area contributed by atoms with E-state index in [1.807, 2.05) is 0 Å². The first-order valence-corrected chi connectivity index (χ1v) is 4.02. The number of carbonyl (C=O) groups excluding carboxylic acids is 1. The predicted molar refractivity (Wildman–Crippen MR) is 42.8 cm³/mol. The molecule has 0 unspecified atom stereocenters. The lowest BCUT2D eigenvalue weighted by molar-refractivity contribution is -0.304. The Kier molecular flexibility index (Phi) is 2.81. The quantitative estimate of drug-likeness (QED) is 0.759. The Morgan fingerprint density at radius 3 is 2.75 bits per heavy atom. The third-order valence-electron chi connectivity index (χ3n) is 1.35. The van der Waals surface area contributed by atoms with Crippen LogP contribution in [0.25, 0.3) is 0 Å². The summed E-state index contributed by atoms with van der Waals surface area (Å²) in [7, 11) is 0. The summed E-state index contributed by atoms with van der Waals surface area (Å²) >= 11 is 3.04. The molecule has 12 heavy (non-hydrogen) atoms. The molecule has 0 radical (unpaired) electrons. The lowest BCUT2D eigenvalue weighted by Crippen LogP contribution is -2.24. The number of aliphatic carboxylic acids is 1. The van der Waals surface area contributed by atoms with Gasteiger partial charge in [-0.25, -0.2) is 4.39 Å². The Hall–Kier alpha value is -0.900. The van der Waals surface area contributed by atoms with Crippen molar-refractivity contribution in [3.63, 3.8) is 0 Å². The van der Waals surface area contributed by atoms with E-state index < -0.39 is 11.8 Å². The molecule has 0 bridgehead atoms. The zero-order valence-electron chi connectivity index (χ0n) is 6.01. The molecule has 0 aliphatic carbocycles. The molecule has 0 saturated heterocycles. The van der Waals surface area contributed by atoms with Gasteiger partial charge >= 0.3 is 0 Å². The minimum atomic E-state index is -1.18. The second-order valence-corrected chi connectivity index (χ2v) is 3.14. The van der Waals surface area contributed by atoms with Gasteiger partial charge < -0.3 is 9.90 Å². The maximum absolute atomic E-state index is 12.5. The number of carbonyl (C=O) groups is 1. The zero-order valence-corrected chi connectivity index (χ0v) is 7.60. The molecule has 0 aliphatic heterocycles. The molecule has 1 aromatic carbocycles. The van der Waals surface area contributed by atoms with Crippen LogP contribution in [0.1, 0.15) is 5.56 Å². The number of benzene rings is 1. The maximum Gasteiger partial charge on any atom is 0.124 e. The number of carboxylic acid groups (broad SMARTS) is 1. The smallest absolute Gasteiger partial charge is 0.124 e. The van der Waals surface area contributed by atoms with Gasteiger partial charge in [0.25, 0.3) is 0 Å². The van der Waals surface area contributed by atoms with E-state index in [4.69, 9.17) is 0 Å². The molecule has 0 atom stereocenters. The molecule has 0 amide bonds. The second-order valence-electron chi connectivity index (χ2n) is 2.28. The van der Waals surface area contributed by atoms with Crippen LogP contribution in [0, 0.1) is 5.82 Å². The van der Waals surface area contributed by atoms with Crippen molar-refractivity contribution in [2.75, 3.05) is 0 Å². The molecule has 1 rings (SSSR count). The van der Waals surface area contributed by atoms with Crippen molar-refractivity contribution in [2.24, 2.45) is 0 Å². The number of hydrogen-bond donors (Lipinski definition) is 0. The van der Waals surface area contributed by atoms with Gasteiger partial charge in [0.15, 0.2) is 0 Å². The van der Waals surface area contributed by atoms with Crippen LogP contribution in [-0.4, -0.2) is 5.97 Å². The summed E-state index contributed by atoms with van der Waals surface area (Å²) in [4.78, 5) is 10.2. The van der Waals surface area contributed by atoms with Gasteiger partial charge in [-0.3, -0.25) is 0 Å². The highest BCUT2D eigenvalue weighted by atomic mass is 79.9. The van der Waals surface area contributed by atoms with Gasteiger partial charge in [0.2, 0.25) is 0 Å². The molecule has 0 fully saturated rings. The van der Waals surface area contributed by atoms with Gasteiger partial charge in [0.1, 0.15) is 5.82 Å². The standard InChI is InChI=1S/C8H6BrFO2/c9-7-4-6(10)2-1-5(7)3-8(11)12/h1-2,4H,3H2,(H,11,12)/p-1. The summed E-state index contributed by atoms with van der Waals surface area (Å²) in [5, 5.41) is 10.2. The van der Waals surface area contributed by atoms with Gasteiger partial charge in [0.05, 0.1) is 0 Å². The molecule has 0 saturated carbocycles. The minimum absolute atomic E-state index is 0.207. The molecule has 2 nitrogen and oxygen atoms in total. The van der Waals surface area contributed by atoms with E-state index in [0.717, 1.165) is 0 Å². The highest BCUT2D eigenvalue weighted by Crippen LogP contribution is 2.17. The van der Waals surface area contributed by atoms with Crippen LogP contribution in [0.5, 0.6) is 0 Å². The highest BCUT2D eigenvalue weighted by molar-refractivity contribution is 9.10.